The Morgan fingerprint density at radius 1 is 0.967 bits per heavy atom. The first-order chi connectivity index (χ1) is 14.5. The molecule has 0 atom stereocenters. The van der Waals surface area contributed by atoms with Crippen LogP contribution in [0.1, 0.15) is 15.9 Å². The number of benzene rings is 3. The van der Waals surface area contributed by atoms with E-state index in [9.17, 15) is 9.59 Å². The first kappa shape index (κ1) is 19.6. The summed E-state index contributed by atoms with van der Waals surface area (Å²) in [4.78, 5) is 28.5. The van der Waals surface area contributed by atoms with E-state index < -0.39 is 5.97 Å². The second-order valence-electron chi connectivity index (χ2n) is 6.66. The summed E-state index contributed by atoms with van der Waals surface area (Å²) in [5, 5.41) is 6.55. The van der Waals surface area contributed by atoms with E-state index in [1.54, 1.807) is 35.6 Å². The average molecular weight is 417 g/mol. The summed E-state index contributed by atoms with van der Waals surface area (Å²) in [5.41, 5.74) is 4.63. The highest BCUT2D eigenvalue weighted by molar-refractivity contribution is 7.21. The van der Waals surface area contributed by atoms with Gasteiger partial charge in [-0.2, -0.15) is 0 Å². The van der Waals surface area contributed by atoms with Gasteiger partial charge in [0.2, 0.25) is 0 Å². The molecule has 0 unspecified atom stereocenters. The maximum absolute atomic E-state index is 12.4. The smallest absolute Gasteiger partial charge is 0.337 e. The molecular weight excluding hydrogens is 398 g/mol. The number of urea groups is 1. The molecule has 4 rings (SSSR count). The lowest BCUT2D eigenvalue weighted by Gasteiger charge is -2.11. The van der Waals surface area contributed by atoms with Crippen LogP contribution in [0.4, 0.5) is 16.2 Å². The molecule has 6 nitrogen and oxygen atoms in total. The van der Waals surface area contributed by atoms with Gasteiger partial charge in [0.25, 0.3) is 0 Å². The molecule has 0 saturated carbocycles. The Hall–Kier alpha value is -3.71. The van der Waals surface area contributed by atoms with Crippen LogP contribution in [-0.2, 0) is 4.74 Å². The Balaban J connectivity index is 1.45. The number of esters is 1. The van der Waals surface area contributed by atoms with Gasteiger partial charge in [0, 0.05) is 16.9 Å². The summed E-state index contributed by atoms with van der Waals surface area (Å²) in [6.07, 6.45) is 0. The monoisotopic (exact) mass is 417 g/mol. The van der Waals surface area contributed by atoms with Crippen LogP contribution in [0, 0.1) is 6.92 Å². The summed E-state index contributed by atoms with van der Waals surface area (Å²) in [6.45, 7) is 1.94. The number of amides is 2. The molecule has 1 aromatic heterocycles. The van der Waals surface area contributed by atoms with Crippen molar-refractivity contribution in [2.75, 3.05) is 17.7 Å². The number of aromatic nitrogens is 1. The maximum Gasteiger partial charge on any atom is 0.337 e. The summed E-state index contributed by atoms with van der Waals surface area (Å²) in [7, 11) is 1.33. The van der Waals surface area contributed by atoms with Crippen LogP contribution in [0.3, 0.4) is 0 Å². The number of ether oxygens (including phenoxy) is 1. The van der Waals surface area contributed by atoms with Gasteiger partial charge in [-0.1, -0.05) is 12.1 Å². The van der Waals surface area contributed by atoms with E-state index >= 15 is 0 Å². The van der Waals surface area contributed by atoms with Crippen molar-refractivity contribution in [1.82, 2.24) is 4.98 Å². The zero-order valence-corrected chi connectivity index (χ0v) is 17.2. The molecule has 1 heterocycles. The predicted octanol–water partition coefficient (Wildman–Crippen LogP) is 5.70. The maximum atomic E-state index is 12.4. The minimum atomic E-state index is -0.421. The molecule has 0 spiro atoms. The van der Waals surface area contributed by atoms with Crippen molar-refractivity contribution in [3.05, 3.63) is 77.9 Å². The van der Waals surface area contributed by atoms with Crippen LogP contribution >= 0.6 is 11.3 Å². The number of rotatable bonds is 4. The number of fused-ring (bicyclic) bond motifs is 1. The fourth-order valence-corrected chi connectivity index (χ4v) is 3.99. The number of aryl methyl sites for hydroxylation is 1. The minimum Gasteiger partial charge on any atom is -0.465 e. The molecule has 0 radical (unpaired) electrons. The van der Waals surface area contributed by atoms with Gasteiger partial charge in [-0.25, -0.2) is 14.6 Å². The molecule has 4 aromatic rings. The van der Waals surface area contributed by atoms with Gasteiger partial charge in [-0.15, -0.1) is 11.3 Å². The van der Waals surface area contributed by atoms with Crippen LogP contribution in [-0.4, -0.2) is 24.1 Å². The summed E-state index contributed by atoms with van der Waals surface area (Å²) >= 11 is 1.64. The van der Waals surface area contributed by atoms with Crippen LogP contribution in [0.5, 0.6) is 0 Å². The first-order valence-electron chi connectivity index (χ1n) is 9.26. The van der Waals surface area contributed by atoms with Crippen LogP contribution in [0.15, 0.2) is 66.7 Å². The third kappa shape index (κ3) is 4.16. The fourth-order valence-electron chi connectivity index (χ4n) is 3.02. The highest BCUT2D eigenvalue weighted by Crippen LogP contribution is 2.32. The second kappa shape index (κ2) is 8.34. The van der Waals surface area contributed by atoms with Gasteiger partial charge in [-0.05, 0) is 67.1 Å². The standard InChI is InChI=1S/C23H19N3O3S/c1-14-13-16(21-25-19-5-3-4-6-20(19)30-21)9-12-18(14)26-23(28)24-17-10-7-15(8-11-17)22(27)29-2/h3-13H,1-2H3,(H2,24,26,28). The van der Waals surface area contributed by atoms with E-state index in [4.69, 9.17) is 0 Å². The van der Waals surface area contributed by atoms with Gasteiger partial charge < -0.3 is 15.4 Å². The van der Waals surface area contributed by atoms with Crippen molar-refractivity contribution in [3.63, 3.8) is 0 Å². The van der Waals surface area contributed by atoms with E-state index in [1.165, 1.54) is 7.11 Å². The predicted molar refractivity (Wildman–Crippen MR) is 120 cm³/mol. The number of hydrogen-bond acceptors (Lipinski definition) is 5. The number of nitrogens with zero attached hydrogens (tertiary/aromatic N) is 1. The van der Waals surface area contributed by atoms with Crippen molar-refractivity contribution in [2.45, 2.75) is 6.92 Å². The quantitative estimate of drug-likeness (QED) is 0.417. The fraction of sp³-hybridized carbons (Fsp3) is 0.0870. The van der Waals surface area contributed by atoms with Crippen molar-refractivity contribution in [2.24, 2.45) is 0 Å². The van der Waals surface area contributed by atoms with Crippen molar-refractivity contribution in [1.29, 1.82) is 0 Å². The van der Waals surface area contributed by atoms with Gasteiger partial charge in [-0.3, -0.25) is 0 Å². The van der Waals surface area contributed by atoms with E-state index in [2.05, 4.69) is 26.4 Å². The van der Waals surface area contributed by atoms with Crippen molar-refractivity contribution in [3.8, 4) is 10.6 Å². The lowest BCUT2D eigenvalue weighted by atomic mass is 10.1. The molecule has 7 heteroatoms. The Bertz CT molecular complexity index is 1200. The Morgan fingerprint density at radius 3 is 2.43 bits per heavy atom. The molecule has 0 bridgehead atoms. The Morgan fingerprint density at radius 2 is 1.73 bits per heavy atom. The number of nitrogens with one attached hydrogen (secondary N) is 2. The summed E-state index contributed by atoms with van der Waals surface area (Å²) in [5.74, 6) is -0.421. The molecular formula is C23H19N3O3S. The zero-order chi connectivity index (χ0) is 21.1. The van der Waals surface area contributed by atoms with Crippen molar-refractivity contribution < 1.29 is 14.3 Å². The van der Waals surface area contributed by atoms with Crippen LogP contribution < -0.4 is 10.6 Å². The van der Waals surface area contributed by atoms with E-state index in [0.717, 1.165) is 26.4 Å². The summed E-state index contributed by atoms with van der Waals surface area (Å²) in [6, 6.07) is 20.0. The molecule has 2 amide bonds. The van der Waals surface area contributed by atoms with Gasteiger partial charge in [0.15, 0.2) is 0 Å². The van der Waals surface area contributed by atoms with Crippen LogP contribution in [0.2, 0.25) is 0 Å². The zero-order valence-electron chi connectivity index (χ0n) is 16.4. The number of anilines is 2. The molecule has 0 saturated heterocycles. The Labute approximate surface area is 177 Å². The van der Waals surface area contributed by atoms with Gasteiger partial charge in [0.05, 0.1) is 22.9 Å². The normalized spacial score (nSPS) is 10.6. The van der Waals surface area contributed by atoms with Gasteiger partial charge >= 0.3 is 12.0 Å². The summed E-state index contributed by atoms with van der Waals surface area (Å²) < 4.78 is 5.81. The van der Waals surface area contributed by atoms with E-state index in [0.29, 0.717) is 16.9 Å². The molecule has 0 aliphatic rings. The number of para-hydroxylation sites is 1. The lowest BCUT2D eigenvalue weighted by Crippen LogP contribution is -2.20. The van der Waals surface area contributed by atoms with Gasteiger partial charge in [0.1, 0.15) is 5.01 Å². The van der Waals surface area contributed by atoms with Crippen LogP contribution in [0.25, 0.3) is 20.8 Å². The highest BCUT2D eigenvalue weighted by Gasteiger charge is 2.10. The second-order valence-corrected chi connectivity index (χ2v) is 7.70. The SMILES string of the molecule is COC(=O)c1ccc(NC(=O)Nc2ccc(-c3nc4ccccc4s3)cc2C)cc1. The number of thiazole rings is 1. The number of hydrogen-bond donors (Lipinski definition) is 2. The number of carbonyl (C=O) groups is 2. The third-order valence-electron chi connectivity index (χ3n) is 4.58. The molecule has 3 aromatic carbocycles. The molecule has 150 valence electrons. The largest absolute Gasteiger partial charge is 0.465 e. The number of methoxy groups -OCH3 is 1. The molecule has 2 N–H and O–H groups in total. The first-order valence-corrected chi connectivity index (χ1v) is 10.1. The molecule has 0 fully saturated rings. The molecule has 0 aliphatic heterocycles. The van der Waals surface area contributed by atoms with Crippen molar-refractivity contribution >= 4 is 44.9 Å². The van der Waals surface area contributed by atoms with E-state index in [1.807, 2.05) is 43.3 Å². The minimum absolute atomic E-state index is 0.364. The third-order valence-corrected chi connectivity index (χ3v) is 5.66. The number of carbonyl (C=O) groups excluding carboxylic acids is 2. The highest BCUT2D eigenvalue weighted by atomic mass is 32.1. The topological polar surface area (TPSA) is 80.3 Å². The molecule has 0 aliphatic carbocycles. The Kier molecular flexibility index (Phi) is 5.45. The lowest BCUT2D eigenvalue weighted by molar-refractivity contribution is 0.0600. The van der Waals surface area contributed by atoms with E-state index in [-0.39, 0.29) is 6.03 Å². The molecule has 30 heavy (non-hydrogen) atoms. The average Bonchev–Trinajstić information content (AvgIpc) is 3.19.